The number of rotatable bonds is 5. The Hall–Kier alpha value is -2.38. The van der Waals surface area contributed by atoms with Crippen LogP contribution in [0.25, 0.3) is 6.08 Å². The van der Waals surface area contributed by atoms with E-state index in [2.05, 4.69) is 31.9 Å². The Morgan fingerprint density at radius 2 is 1.27 bits per heavy atom. The largest absolute Gasteiger partial charge is 0.396 e. The van der Waals surface area contributed by atoms with Crippen LogP contribution in [0.1, 0.15) is 17.5 Å². The smallest absolute Gasteiger partial charge is 0.0434 e. The zero-order valence-corrected chi connectivity index (χ0v) is 13.2. The van der Waals surface area contributed by atoms with Gasteiger partial charge in [0.25, 0.3) is 0 Å². The van der Waals surface area contributed by atoms with E-state index in [9.17, 15) is 0 Å². The number of hydrogen-bond acceptors (Lipinski definition) is 1. The molecule has 0 spiro atoms. The zero-order valence-electron chi connectivity index (χ0n) is 13.2. The van der Waals surface area contributed by atoms with Gasteiger partial charge in [0, 0.05) is 6.61 Å². The average molecular weight is 294 g/mol. The molecule has 0 aromatic heterocycles. The zero-order chi connectivity index (χ0) is 16.5. The predicted molar refractivity (Wildman–Crippen MR) is 98.8 cm³/mol. The van der Waals surface area contributed by atoms with Crippen LogP contribution in [0.4, 0.5) is 0 Å². The van der Waals surface area contributed by atoms with Gasteiger partial charge in [-0.15, -0.1) is 0 Å². The van der Waals surface area contributed by atoms with Crippen LogP contribution in [0.3, 0.4) is 0 Å². The quantitative estimate of drug-likeness (QED) is 0.742. The molecule has 0 saturated heterocycles. The van der Waals surface area contributed by atoms with Crippen molar-refractivity contribution in [2.45, 2.75) is 12.8 Å². The topological polar surface area (TPSA) is 20.2 Å². The second kappa shape index (κ2) is 15.0. The number of benzene rings is 2. The number of allylic oxidation sites excluding steroid dienone is 2. The van der Waals surface area contributed by atoms with Crippen molar-refractivity contribution in [2.75, 3.05) is 6.61 Å². The standard InChI is InChI=1S/C9H12O.C8H8.C4H6/c10-8-4-7-9-5-2-1-3-6-9;1-2-8-6-4-3-5-7-8;1-3-4-2/h1-3,5-6,10H,4,7-8H2;2-7H,1H2;3-4H,1-2H2. The van der Waals surface area contributed by atoms with Gasteiger partial charge in [-0.25, -0.2) is 0 Å². The Bertz CT molecular complexity index is 494. The first-order valence-electron chi connectivity index (χ1n) is 7.34. The van der Waals surface area contributed by atoms with Gasteiger partial charge in [0.05, 0.1) is 0 Å². The summed E-state index contributed by atoms with van der Waals surface area (Å²) in [7, 11) is 0. The summed E-state index contributed by atoms with van der Waals surface area (Å²) in [5, 5.41) is 8.53. The molecule has 2 aromatic carbocycles. The van der Waals surface area contributed by atoms with Gasteiger partial charge in [0.1, 0.15) is 0 Å². The summed E-state index contributed by atoms with van der Waals surface area (Å²) >= 11 is 0. The molecular weight excluding hydrogens is 268 g/mol. The van der Waals surface area contributed by atoms with E-state index in [1.807, 2.05) is 54.6 Å². The van der Waals surface area contributed by atoms with E-state index >= 15 is 0 Å². The van der Waals surface area contributed by atoms with Gasteiger partial charge in [-0.2, -0.15) is 0 Å². The minimum absolute atomic E-state index is 0.287. The predicted octanol–water partition coefficient (Wildman–Crippen LogP) is 5.30. The molecular formula is C21H26O. The molecule has 0 heterocycles. The molecule has 116 valence electrons. The Kier molecular flexibility index (Phi) is 13.4. The van der Waals surface area contributed by atoms with Gasteiger partial charge >= 0.3 is 0 Å². The van der Waals surface area contributed by atoms with Gasteiger partial charge in [-0.05, 0) is 24.0 Å². The summed E-state index contributed by atoms with van der Waals surface area (Å²) in [6.45, 7) is 10.6. The van der Waals surface area contributed by atoms with E-state index in [1.165, 1.54) is 11.1 Å². The molecule has 0 atom stereocenters. The highest BCUT2D eigenvalue weighted by molar-refractivity contribution is 5.45. The first-order valence-corrected chi connectivity index (χ1v) is 7.34. The van der Waals surface area contributed by atoms with E-state index in [4.69, 9.17) is 5.11 Å². The number of aliphatic hydroxyl groups excluding tert-OH is 1. The van der Waals surface area contributed by atoms with Crippen molar-refractivity contribution >= 4 is 6.08 Å². The Morgan fingerprint density at radius 3 is 1.64 bits per heavy atom. The Balaban J connectivity index is 0.000000330. The average Bonchev–Trinajstić information content (AvgIpc) is 2.62. The van der Waals surface area contributed by atoms with Gasteiger partial charge in [0.15, 0.2) is 0 Å². The van der Waals surface area contributed by atoms with Gasteiger partial charge < -0.3 is 5.11 Å². The van der Waals surface area contributed by atoms with Crippen molar-refractivity contribution in [3.63, 3.8) is 0 Å². The van der Waals surface area contributed by atoms with E-state index < -0.39 is 0 Å². The monoisotopic (exact) mass is 294 g/mol. The molecule has 1 nitrogen and oxygen atoms in total. The Labute approximate surface area is 135 Å². The molecule has 0 amide bonds. The van der Waals surface area contributed by atoms with Crippen molar-refractivity contribution in [2.24, 2.45) is 0 Å². The fraction of sp³-hybridized carbons (Fsp3) is 0.143. The summed E-state index contributed by atoms with van der Waals surface area (Å²) in [4.78, 5) is 0. The van der Waals surface area contributed by atoms with Crippen LogP contribution in [-0.2, 0) is 6.42 Å². The van der Waals surface area contributed by atoms with Crippen LogP contribution < -0.4 is 0 Å². The first-order chi connectivity index (χ1) is 10.8. The molecule has 0 saturated carbocycles. The number of aliphatic hydroxyl groups is 1. The fourth-order valence-corrected chi connectivity index (χ4v) is 1.52. The summed E-state index contributed by atoms with van der Waals surface area (Å²) < 4.78 is 0. The van der Waals surface area contributed by atoms with Crippen molar-refractivity contribution in [1.29, 1.82) is 0 Å². The second-order valence-electron chi connectivity index (χ2n) is 4.40. The maximum absolute atomic E-state index is 8.53. The highest BCUT2D eigenvalue weighted by Crippen LogP contribution is 2.00. The van der Waals surface area contributed by atoms with Gasteiger partial charge in [-0.3, -0.25) is 0 Å². The van der Waals surface area contributed by atoms with Gasteiger partial charge in [-0.1, -0.05) is 98.6 Å². The van der Waals surface area contributed by atoms with Crippen LogP contribution in [0.5, 0.6) is 0 Å². The highest BCUT2D eigenvalue weighted by atomic mass is 16.2. The molecule has 2 aromatic rings. The lowest BCUT2D eigenvalue weighted by Gasteiger charge is -1.96. The van der Waals surface area contributed by atoms with Crippen molar-refractivity contribution in [1.82, 2.24) is 0 Å². The molecule has 0 fully saturated rings. The van der Waals surface area contributed by atoms with E-state index in [0.717, 1.165) is 12.8 Å². The summed E-state index contributed by atoms with van der Waals surface area (Å²) in [6.07, 6.45) is 6.96. The van der Waals surface area contributed by atoms with Crippen LogP contribution in [0.15, 0.2) is 92.6 Å². The lowest BCUT2D eigenvalue weighted by Crippen LogP contribution is -1.87. The van der Waals surface area contributed by atoms with Gasteiger partial charge in [0.2, 0.25) is 0 Å². The molecule has 1 N–H and O–H groups in total. The molecule has 22 heavy (non-hydrogen) atoms. The van der Waals surface area contributed by atoms with Crippen LogP contribution in [0, 0.1) is 0 Å². The fourth-order valence-electron chi connectivity index (χ4n) is 1.52. The lowest BCUT2D eigenvalue weighted by atomic mass is 10.1. The first kappa shape index (κ1) is 19.6. The normalized spacial score (nSPS) is 8.41. The van der Waals surface area contributed by atoms with Crippen LogP contribution in [0.2, 0.25) is 0 Å². The SMILES string of the molecule is C=CC=C.C=Cc1ccccc1.OCCCc1ccccc1. The molecule has 0 aliphatic carbocycles. The van der Waals surface area contributed by atoms with Crippen molar-refractivity contribution in [3.8, 4) is 0 Å². The highest BCUT2D eigenvalue weighted by Gasteiger charge is 1.88. The van der Waals surface area contributed by atoms with E-state index in [1.54, 1.807) is 12.2 Å². The van der Waals surface area contributed by atoms with Crippen LogP contribution >= 0.6 is 0 Å². The maximum Gasteiger partial charge on any atom is 0.0434 e. The third-order valence-electron chi connectivity index (χ3n) is 2.67. The Morgan fingerprint density at radius 1 is 0.773 bits per heavy atom. The molecule has 1 heteroatoms. The molecule has 0 aliphatic rings. The van der Waals surface area contributed by atoms with Crippen LogP contribution in [-0.4, -0.2) is 11.7 Å². The molecule has 0 unspecified atom stereocenters. The minimum Gasteiger partial charge on any atom is -0.396 e. The third-order valence-corrected chi connectivity index (χ3v) is 2.67. The van der Waals surface area contributed by atoms with Crippen molar-refractivity contribution in [3.05, 3.63) is 104 Å². The molecule has 0 bridgehead atoms. The minimum atomic E-state index is 0.287. The summed E-state index contributed by atoms with van der Waals surface area (Å²) in [5.41, 5.74) is 2.48. The maximum atomic E-state index is 8.53. The summed E-state index contributed by atoms with van der Waals surface area (Å²) in [5.74, 6) is 0. The van der Waals surface area contributed by atoms with Crippen molar-refractivity contribution < 1.29 is 5.11 Å². The number of aryl methyl sites for hydroxylation is 1. The van der Waals surface area contributed by atoms with E-state index in [-0.39, 0.29) is 6.61 Å². The number of hydrogen-bond donors (Lipinski definition) is 1. The lowest BCUT2D eigenvalue weighted by molar-refractivity contribution is 0.288. The second-order valence-corrected chi connectivity index (χ2v) is 4.40. The third kappa shape index (κ3) is 11.4. The molecule has 2 rings (SSSR count). The molecule has 0 aliphatic heterocycles. The van der Waals surface area contributed by atoms with E-state index in [0.29, 0.717) is 0 Å². The molecule has 0 radical (unpaired) electrons. The summed E-state index contributed by atoms with van der Waals surface area (Å²) in [6, 6.07) is 20.2.